The van der Waals surface area contributed by atoms with E-state index in [-0.39, 0.29) is 17.9 Å². The minimum atomic E-state index is -0.220. The van der Waals surface area contributed by atoms with Crippen LogP contribution in [0.25, 0.3) is 21.9 Å². The lowest BCUT2D eigenvalue weighted by Crippen LogP contribution is -2.28. The monoisotopic (exact) mass is 479 g/mol. The zero-order chi connectivity index (χ0) is 24.2. The molecule has 4 aromatic rings. The molecule has 0 aliphatic heterocycles. The van der Waals surface area contributed by atoms with Gasteiger partial charge in [0.15, 0.2) is 4.96 Å². The van der Waals surface area contributed by atoms with Crippen LogP contribution in [0.5, 0.6) is 5.75 Å². The number of benzene rings is 1. The van der Waals surface area contributed by atoms with Crippen molar-refractivity contribution in [3.8, 4) is 22.7 Å². The van der Waals surface area contributed by atoms with Crippen LogP contribution < -0.4 is 15.6 Å². The van der Waals surface area contributed by atoms with Gasteiger partial charge in [-0.3, -0.25) is 14.0 Å². The molecule has 0 spiro atoms. The number of hydrogen-bond donors (Lipinski definition) is 1. The molecular weight excluding hydrogens is 450 g/mol. The van der Waals surface area contributed by atoms with Crippen LogP contribution in [0, 0.1) is 13.8 Å². The highest BCUT2D eigenvalue weighted by molar-refractivity contribution is 7.15. The van der Waals surface area contributed by atoms with Crippen molar-refractivity contribution in [2.75, 3.05) is 13.7 Å². The number of unbranched alkanes of at least 4 members (excludes halogenated alkanes) is 2. The summed E-state index contributed by atoms with van der Waals surface area (Å²) in [6, 6.07) is 9.47. The van der Waals surface area contributed by atoms with Crippen molar-refractivity contribution in [1.29, 1.82) is 0 Å². The Balaban J connectivity index is 1.71. The molecule has 3 aromatic heterocycles. The summed E-state index contributed by atoms with van der Waals surface area (Å²) in [6.07, 6.45) is 3.26. The number of nitrogens with one attached hydrogen (secondary N) is 1. The number of hydrogen-bond acceptors (Lipinski definition) is 6. The van der Waals surface area contributed by atoms with E-state index in [1.165, 1.54) is 15.7 Å². The molecule has 9 heteroatoms. The summed E-state index contributed by atoms with van der Waals surface area (Å²) in [7, 11) is 1.62. The number of fused-ring (bicyclic) bond motifs is 1. The number of aromatic nitrogens is 4. The largest absolute Gasteiger partial charge is 0.494 e. The molecule has 0 fully saturated rings. The highest BCUT2D eigenvalue weighted by Gasteiger charge is 2.20. The van der Waals surface area contributed by atoms with E-state index in [0.29, 0.717) is 39.9 Å². The van der Waals surface area contributed by atoms with Crippen molar-refractivity contribution in [2.24, 2.45) is 0 Å². The van der Waals surface area contributed by atoms with Crippen LogP contribution in [-0.2, 0) is 11.2 Å². The van der Waals surface area contributed by atoms with E-state index in [1.54, 1.807) is 11.8 Å². The first kappa shape index (κ1) is 23.7. The molecule has 0 aliphatic rings. The molecule has 0 saturated carbocycles. The highest BCUT2D eigenvalue weighted by atomic mass is 32.1. The Morgan fingerprint density at radius 2 is 2.00 bits per heavy atom. The average molecular weight is 480 g/mol. The molecule has 3 heterocycles. The van der Waals surface area contributed by atoms with Gasteiger partial charge in [0, 0.05) is 23.3 Å². The van der Waals surface area contributed by atoms with Crippen LogP contribution in [0.3, 0.4) is 0 Å². The Hall–Kier alpha value is -3.46. The molecule has 0 radical (unpaired) electrons. The Labute approximate surface area is 202 Å². The van der Waals surface area contributed by atoms with E-state index in [4.69, 9.17) is 9.84 Å². The van der Waals surface area contributed by atoms with Crippen LogP contribution in [0.4, 0.5) is 0 Å². The highest BCUT2D eigenvalue weighted by Crippen LogP contribution is 2.27. The molecule has 178 valence electrons. The molecule has 1 amide bonds. The minimum Gasteiger partial charge on any atom is -0.494 e. The molecule has 0 unspecified atom stereocenters. The van der Waals surface area contributed by atoms with Crippen molar-refractivity contribution in [3.05, 3.63) is 63.1 Å². The fourth-order valence-electron chi connectivity index (χ4n) is 4.00. The van der Waals surface area contributed by atoms with Gasteiger partial charge in [-0.15, -0.1) is 11.3 Å². The third kappa shape index (κ3) is 4.61. The summed E-state index contributed by atoms with van der Waals surface area (Å²) >= 11 is 1.36. The average Bonchev–Trinajstić information content (AvgIpc) is 3.39. The van der Waals surface area contributed by atoms with Gasteiger partial charge in [-0.25, -0.2) is 9.67 Å². The molecule has 0 atom stereocenters. The number of thiazole rings is 1. The second kappa shape index (κ2) is 10.2. The molecule has 1 aromatic carbocycles. The summed E-state index contributed by atoms with van der Waals surface area (Å²) < 4.78 is 8.78. The van der Waals surface area contributed by atoms with Crippen LogP contribution >= 0.6 is 11.3 Å². The first-order chi connectivity index (χ1) is 16.4. The smallest absolute Gasteiger partial charge is 0.268 e. The van der Waals surface area contributed by atoms with Crippen molar-refractivity contribution in [3.63, 3.8) is 0 Å². The number of para-hydroxylation sites is 2. The molecule has 8 nitrogen and oxygen atoms in total. The first-order valence-electron chi connectivity index (χ1n) is 11.4. The van der Waals surface area contributed by atoms with Crippen molar-refractivity contribution in [2.45, 2.75) is 46.5 Å². The van der Waals surface area contributed by atoms with Crippen molar-refractivity contribution in [1.82, 2.24) is 24.5 Å². The Morgan fingerprint density at radius 1 is 1.21 bits per heavy atom. The maximum absolute atomic E-state index is 13.6. The fraction of sp³-hybridized carbons (Fsp3) is 0.360. The van der Waals surface area contributed by atoms with Gasteiger partial charge in [-0.1, -0.05) is 31.9 Å². The van der Waals surface area contributed by atoms with E-state index in [0.717, 1.165) is 30.6 Å². The number of carbonyl (C=O) groups excluding carboxylic acids is 1. The normalized spacial score (nSPS) is 11.2. The maximum Gasteiger partial charge on any atom is 0.268 e. The van der Waals surface area contributed by atoms with Gasteiger partial charge < -0.3 is 10.1 Å². The zero-order valence-corrected chi connectivity index (χ0v) is 20.7. The van der Waals surface area contributed by atoms with Crippen molar-refractivity contribution < 1.29 is 9.53 Å². The second-order valence-corrected chi connectivity index (χ2v) is 9.05. The number of ether oxygens (including phenoxy) is 1. The Morgan fingerprint density at radius 3 is 2.76 bits per heavy atom. The van der Waals surface area contributed by atoms with Gasteiger partial charge in [0.1, 0.15) is 17.1 Å². The zero-order valence-electron chi connectivity index (χ0n) is 19.9. The van der Waals surface area contributed by atoms with Gasteiger partial charge in [0.05, 0.1) is 24.8 Å². The number of amides is 1. The van der Waals surface area contributed by atoms with E-state index in [1.807, 2.05) is 49.6 Å². The van der Waals surface area contributed by atoms with Gasteiger partial charge in [-0.2, -0.15) is 5.10 Å². The molecule has 0 bridgehead atoms. The fourth-order valence-corrected chi connectivity index (χ4v) is 4.92. The maximum atomic E-state index is 13.6. The molecule has 1 N–H and O–H groups in total. The summed E-state index contributed by atoms with van der Waals surface area (Å²) in [5, 5.41) is 9.50. The number of methoxy groups -OCH3 is 1. The molecule has 0 aliphatic carbocycles. The molecule has 0 saturated heterocycles. The van der Waals surface area contributed by atoms with Gasteiger partial charge in [-0.05, 0) is 38.5 Å². The number of carbonyl (C=O) groups is 1. The quantitative estimate of drug-likeness (QED) is 0.365. The molecule has 34 heavy (non-hydrogen) atoms. The molecular formula is C25H29N5O3S. The lowest BCUT2D eigenvalue weighted by molar-refractivity contribution is -0.120. The minimum absolute atomic E-state index is 0.0962. The predicted molar refractivity (Wildman–Crippen MR) is 134 cm³/mol. The number of rotatable bonds is 9. The SMILES string of the molecule is CCCCCNC(=O)Cc1csc2nc(C)c(-c3cc(C)n(-c4ccccc4OC)n3)c(=O)n12. The van der Waals surface area contributed by atoms with Crippen LogP contribution in [-0.4, -0.2) is 38.7 Å². The Bertz CT molecular complexity index is 1390. The lowest BCUT2D eigenvalue weighted by Gasteiger charge is -2.09. The topological polar surface area (TPSA) is 90.5 Å². The number of aryl methyl sites for hydroxylation is 2. The van der Waals surface area contributed by atoms with Gasteiger partial charge in [0.2, 0.25) is 5.91 Å². The van der Waals surface area contributed by atoms with E-state index in [2.05, 4.69) is 17.2 Å². The van der Waals surface area contributed by atoms with E-state index >= 15 is 0 Å². The third-order valence-corrected chi connectivity index (χ3v) is 6.60. The van der Waals surface area contributed by atoms with Crippen LogP contribution in [0.2, 0.25) is 0 Å². The van der Waals surface area contributed by atoms with E-state index in [9.17, 15) is 9.59 Å². The van der Waals surface area contributed by atoms with Gasteiger partial charge in [0.25, 0.3) is 5.56 Å². The first-order valence-corrected chi connectivity index (χ1v) is 12.3. The summed E-state index contributed by atoms with van der Waals surface area (Å²) in [5.74, 6) is 0.591. The third-order valence-electron chi connectivity index (χ3n) is 5.72. The summed E-state index contributed by atoms with van der Waals surface area (Å²) in [5.41, 5.74) is 3.63. The van der Waals surface area contributed by atoms with Crippen molar-refractivity contribution >= 4 is 22.2 Å². The second-order valence-electron chi connectivity index (χ2n) is 8.21. The predicted octanol–water partition coefficient (Wildman–Crippen LogP) is 4.08. The van der Waals surface area contributed by atoms with Crippen LogP contribution in [0.15, 0.2) is 40.5 Å². The molecule has 4 rings (SSSR count). The van der Waals surface area contributed by atoms with Gasteiger partial charge >= 0.3 is 0 Å². The number of nitrogens with zero attached hydrogens (tertiary/aromatic N) is 4. The Kier molecular flexibility index (Phi) is 7.12. The van der Waals surface area contributed by atoms with E-state index < -0.39 is 0 Å². The standard InChI is InChI=1S/C25H29N5O3S/c1-5-6-9-12-26-22(31)14-18-15-34-25-27-17(3)23(24(32)29(18)25)19-13-16(2)30(28-19)20-10-7-8-11-21(20)33-4/h7-8,10-11,13,15H,5-6,9,12,14H2,1-4H3,(H,26,31). The summed E-state index contributed by atoms with van der Waals surface area (Å²) in [6.45, 7) is 6.51. The van der Waals surface area contributed by atoms with Crippen LogP contribution in [0.1, 0.15) is 43.3 Å². The lowest BCUT2D eigenvalue weighted by atomic mass is 10.1. The summed E-state index contributed by atoms with van der Waals surface area (Å²) in [4.78, 5) is 31.3.